The molecule has 0 bridgehead atoms. The lowest BCUT2D eigenvalue weighted by Crippen LogP contribution is -2.53. The molecular weight excluding hydrogens is 289 g/mol. The average molecular weight is 310 g/mol. The maximum absolute atomic E-state index is 12.4. The first kappa shape index (κ1) is 17.6. The van der Waals surface area contributed by atoms with Crippen molar-refractivity contribution in [3.8, 4) is 0 Å². The number of piperidine rings is 1. The lowest BCUT2D eigenvalue weighted by Gasteiger charge is -2.38. The molecule has 2 amide bonds. The highest BCUT2D eigenvalue weighted by molar-refractivity contribution is 5.82. The molecule has 21 heavy (non-hydrogen) atoms. The van der Waals surface area contributed by atoms with Crippen molar-refractivity contribution in [1.82, 2.24) is 9.80 Å². The lowest BCUT2D eigenvalue weighted by atomic mass is 10.0. The average Bonchev–Trinajstić information content (AvgIpc) is 2.34. The summed E-state index contributed by atoms with van der Waals surface area (Å²) < 4.78 is 42.5. The smallest absolute Gasteiger partial charge is 0.444 e. The number of ether oxygens (including phenoxy) is 1. The molecule has 122 valence electrons. The number of likely N-dealkylation sites (tertiary alicyclic amines) is 1. The van der Waals surface area contributed by atoms with Gasteiger partial charge in [-0.25, -0.2) is 4.79 Å². The van der Waals surface area contributed by atoms with E-state index in [-0.39, 0.29) is 6.54 Å². The normalized spacial score (nSPS) is 20.1. The summed E-state index contributed by atoms with van der Waals surface area (Å²) in [5.41, 5.74) is -0.669. The van der Waals surface area contributed by atoms with Crippen molar-refractivity contribution < 1.29 is 27.5 Å². The van der Waals surface area contributed by atoms with Gasteiger partial charge in [-0.3, -0.25) is 4.79 Å². The highest BCUT2D eigenvalue weighted by atomic mass is 19.4. The van der Waals surface area contributed by atoms with Gasteiger partial charge in [-0.1, -0.05) is 0 Å². The number of likely N-dealkylation sites (N-methyl/N-ethyl adjacent to an activating group) is 1. The predicted octanol–water partition coefficient (Wildman–Crippen LogP) is 2.41. The summed E-state index contributed by atoms with van der Waals surface area (Å²) >= 11 is 0. The predicted molar refractivity (Wildman–Crippen MR) is 69.7 cm³/mol. The van der Waals surface area contributed by atoms with E-state index in [9.17, 15) is 22.8 Å². The Morgan fingerprint density at radius 1 is 1.24 bits per heavy atom. The first-order valence-corrected chi connectivity index (χ1v) is 6.74. The van der Waals surface area contributed by atoms with E-state index in [1.807, 2.05) is 0 Å². The summed E-state index contributed by atoms with van der Waals surface area (Å²) in [4.78, 5) is 25.2. The largest absolute Gasteiger partial charge is 0.471 e. The number of hydrogen-bond acceptors (Lipinski definition) is 3. The van der Waals surface area contributed by atoms with Gasteiger partial charge in [-0.15, -0.1) is 0 Å². The Balaban J connectivity index is 2.68. The van der Waals surface area contributed by atoms with Crippen molar-refractivity contribution in [2.45, 2.75) is 51.4 Å². The molecule has 1 unspecified atom stereocenters. The van der Waals surface area contributed by atoms with Gasteiger partial charge in [0.05, 0.1) is 0 Å². The Labute approximate surface area is 122 Å². The first-order valence-electron chi connectivity index (χ1n) is 6.74. The van der Waals surface area contributed by atoms with Crippen molar-refractivity contribution in [3.05, 3.63) is 0 Å². The molecule has 0 spiro atoms. The Hall–Kier alpha value is -1.47. The molecule has 1 aliphatic rings. The molecule has 1 saturated heterocycles. The minimum absolute atomic E-state index is 0.0488. The second kappa shape index (κ2) is 6.11. The third-order valence-corrected chi connectivity index (χ3v) is 3.16. The van der Waals surface area contributed by atoms with E-state index in [4.69, 9.17) is 4.74 Å². The van der Waals surface area contributed by atoms with Crippen molar-refractivity contribution in [1.29, 1.82) is 0 Å². The molecule has 1 fully saturated rings. The molecule has 1 rings (SSSR count). The van der Waals surface area contributed by atoms with Gasteiger partial charge >= 0.3 is 18.2 Å². The number of amides is 2. The Bertz CT molecular complexity index is 404. The first-order chi connectivity index (χ1) is 9.42. The van der Waals surface area contributed by atoms with Crippen LogP contribution in [0.3, 0.4) is 0 Å². The second-order valence-electron chi connectivity index (χ2n) is 6.14. The molecule has 0 aromatic rings. The third-order valence-electron chi connectivity index (χ3n) is 3.16. The van der Waals surface area contributed by atoms with Gasteiger partial charge in [0, 0.05) is 26.2 Å². The van der Waals surface area contributed by atoms with Crippen LogP contribution >= 0.6 is 0 Å². The summed E-state index contributed by atoms with van der Waals surface area (Å²) in [5.74, 6) is -1.89. The fourth-order valence-electron chi connectivity index (χ4n) is 2.13. The highest BCUT2D eigenvalue weighted by Gasteiger charge is 2.44. The zero-order valence-corrected chi connectivity index (χ0v) is 12.7. The number of alkyl halides is 3. The summed E-state index contributed by atoms with van der Waals surface area (Å²) in [6.07, 6.45) is -4.51. The Kier molecular flexibility index (Phi) is 5.11. The van der Waals surface area contributed by atoms with E-state index in [0.717, 1.165) is 7.05 Å². The standard InChI is InChI=1S/C13H21F3N2O3/c1-12(2,3)21-11(20)18-7-5-6-9(8-18)17(4)10(19)13(14,15)16/h9H,5-8H2,1-4H3. The summed E-state index contributed by atoms with van der Waals surface area (Å²) in [7, 11) is 1.11. The second-order valence-corrected chi connectivity index (χ2v) is 6.14. The van der Waals surface area contributed by atoms with Gasteiger partial charge in [0.2, 0.25) is 0 Å². The SMILES string of the molecule is CN(C(=O)C(F)(F)F)C1CCCN(C(=O)OC(C)(C)C)C1. The number of carbonyl (C=O) groups excluding carboxylic acids is 2. The zero-order valence-electron chi connectivity index (χ0n) is 12.7. The lowest BCUT2D eigenvalue weighted by molar-refractivity contribution is -0.187. The zero-order chi connectivity index (χ0) is 16.4. The van der Waals surface area contributed by atoms with E-state index >= 15 is 0 Å². The number of rotatable bonds is 1. The van der Waals surface area contributed by atoms with Crippen LogP contribution in [0, 0.1) is 0 Å². The monoisotopic (exact) mass is 310 g/mol. The third kappa shape index (κ3) is 5.09. The van der Waals surface area contributed by atoms with Crippen LogP contribution in [-0.2, 0) is 9.53 Å². The van der Waals surface area contributed by atoms with Crippen molar-refractivity contribution in [2.24, 2.45) is 0 Å². The van der Waals surface area contributed by atoms with Crippen molar-refractivity contribution in [3.63, 3.8) is 0 Å². The van der Waals surface area contributed by atoms with Gasteiger partial charge in [-0.05, 0) is 33.6 Å². The molecule has 5 nitrogen and oxygen atoms in total. The molecular formula is C13H21F3N2O3. The van der Waals surface area contributed by atoms with Crippen LogP contribution in [0.5, 0.6) is 0 Å². The molecule has 0 aliphatic carbocycles. The fourth-order valence-corrected chi connectivity index (χ4v) is 2.13. The molecule has 0 aromatic carbocycles. The van der Waals surface area contributed by atoms with Gasteiger partial charge in [-0.2, -0.15) is 13.2 Å². The van der Waals surface area contributed by atoms with Crippen LogP contribution in [-0.4, -0.2) is 59.8 Å². The topological polar surface area (TPSA) is 49.9 Å². The maximum atomic E-state index is 12.4. The summed E-state index contributed by atoms with van der Waals surface area (Å²) in [6, 6.07) is -0.652. The van der Waals surface area contributed by atoms with Crippen LogP contribution in [0.1, 0.15) is 33.6 Å². The van der Waals surface area contributed by atoms with Crippen molar-refractivity contribution in [2.75, 3.05) is 20.1 Å². The molecule has 0 saturated carbocycles. The van der Waals surface area contributed by atoms with Gasteiger partial charge in [0.1, 0.15) is 5.60 Å². The van der Waals surface area contributed by atoms with E-state index in [1.54, 1.807) is 20.8 Å². The van der Waals surface area contributed by atoms with Crippen LogP contribution in [0.15, 0.2) is 0 Å². The Morgan fingerprint density at radius 3 is 2.29 bits per heavy atom. The minimum atomic E-state index is -4.90. The van der Waals surface area contributed by atoms with Crippen LogP contribution in [0.25, 0.3) is 0 Å². The van der Waals surface area contributed by atoms with Gasteiger partial charge < -0.3 is 14.5 Å². The van der Waals surface area contributed by atoms with Crippen LogP contribution in [0.2, 0.25) is 0 Å². The van der Waals surface area contributed by atoms with Gasteiger partial charge in [0.15, 0.2) is 0 Å². The molecule has 0 radical (unpaired) electrons. The number of hydrogen-bond donors (Lipinski definition) is 0. The molecule has 0 aromatic heterocycles. The molecule has 8 heteroatoms. The van der Waals surface area contributed by atoms with E-state index in [1.165, 1.54) is 4.90 Å². The molecule has 1 aliphatic heterocycles. The van der Waals surface area contributed by atoms with Crippen LogP contribution < -0.4 is 0 Å². The number of carbonyl (C=O) groups is 2. The number of nitrogens with zero attached hydrogens (tertiary/aromatic N) is 2. The quantitative estimate of drug-likeness (QED) is 0.747. The summed E-state index contributed by atoms with van der Waals surface area (Å²) in [5, 5.41) is 0. The van der Waals surface area contributed by atoms with Crippen LogP contribution in [0.4, 0.5) is 18.0 Å². The molecule has 1 atom stereocenters. The highest BCUT2D eigenvalue weighted by Crippen LogP contribution is 2.23. The number of halogens is 3. The van der Waals surface area contributed by atoms with E-state index < -0.39 is 29.8 Å². The fraction of sp³-hybridized carbons (Fsp3) is 0.846. The van der Waals surface area contributed by atoms with Crippen molar-refractivity contribution >= 4 is 12.0 Å². The minimum Gasteiger partial charge on any atom is -0.444 e. The van der Waals surface area contributed by atoms with Gasteiger partial charge in [0.25, 0.3) is 0 Å². The molecule has 0 N–H and O–H groups in total. The van der Waals surface area contributed by atoms with E-state index in [2.05, 4.69) is 0 Å². The summed E-state index contributed by atoms with van der Waals surface area (Å²) in [6.45, 7) is 5.61. The maximum Gasteiger partial charge on any atom is 0.471 e. The Morgan fingerprint density at radius 2 is 1.81 bits per heavy atom. The molecule has 1 heterocycles. The van der Waals surface area contributed by atoms with E-state index in [0.29, 0.717) is 24.3 Å².